The Hall–Kier alpha value is -1.26. The molecule has 0 aliphatic rings. The highest BCUT2D eigenvalue weighted by atomic mass is 35.5. The normalized spacial score (nSPS) is 13.0. The number of nitrogens with two attached hydrogens (primary N) is 1. The molecule has 2 rings (SSSR count). The standard InChI is InChI=1S/C13H14ClFN2O4S2/c14-10-5-11(17-6-8-2-1-3-21-8)9(13(18)22-7-15)4-12(10)23(16,19)20/h1-5,13,17-18H,6-7H2,(H2,16,19,20). The van der Waals surface area contributed by atoms with Crippen LogP contribution in [0.3, 0.4) is 0 Å². The fraction of sp³-hybridized carbons (Fsp3) is 0.231. The second-order valence-electron chi connectivity index (χ2n) is 4.48. The Morgan fingerprint density at radius 1 is 1.48 bits per heavy atom. The molecule has 1 aromatic carbocycles. The molecule has 0 bridgehead atoms. The first-order chi connectivity index (χ1) is 10.8. The molecule has 1 unspecified atom stereocenters. The molecule has 0 aliphatic heterocycles. The molecule has 1 atom stereocenters. The molecule has 1 heterocycles. The number of hydrogen-bond donors (Lipinski definition) is 3. The van der Waals surface area contributed by atoms with Crippen LogP contribution in [0, 0.1) is 0 Å². The summed E-state index contributed by atoms with van der Waals surface area (Å²) in [5.41, 5.74) is -0.767. The second kappa shape index (κ2) is 7.54. The lowest BCUT2D eigenvalue weighted by molar-refractivity contribution is 0.269. The summed E-state index contributed by atoms with van der Waals surface area (Å²) in [6, 6.07) is 5.06. The minimum absolute atomic E-state index is 0.101. The highest BCUT2D eigenvalue weighted by Crippen LogP contribution is 2.36. The maximum Gasteiger partial charge on any atom is 0.239 e. The first-order valence-corrected chi connectivity index (χ1v) is 9.28. The Morgan fingerprint density at radius 3 is 2.78 bits per heavy atom. The van der Waals surface area contributed by atoms with Crippen molar-refractivity contribution < 1.29 is 22.3 Å². The molecule has 0 saturated heterocycles. The Kier molecular flexibility index (Phi) is 5.93. The molecular weight excluding hydrogens is 367 g/mol. The van der Waals surface area contributed by atoms with Crippen molar-refractivity contribution >= 4 is 39.1 Å². The second-order valence-corrected chi connectivity index (χ2v) is 7.41. The monoisotopic (exact) mass is 380 g/mol. The lowest BCUT2D eigenvalue weighted by atomic mass is 10.2. The molecule has 10 heteroatoms. The van der Waals surface area contributed by atoms with Crippen LogP contribution in [-0.2, 0) is 16.6 Å². The van der Waals surface area contributed by atoms with E-state index in [9.17, 15) is 17.9 Å². The lowest BCUT2D eigenvalue weighted by Gasteiger charge is -2.17. The molecule has 0 aliphatic carbocycles. The third-order valence-electron chi connectivity index (χ3n) is 2.93. The van der Waals surface area contributed by atoms with Gasteiger partial charge in [0.2, 0.25) is 10.0 Å². The molecule has 23 heavy (non-hydrogen) atoms. The zero-order chi connectivity index (χ0) is 17.0. The minimum atomic E-state index is -4.07. The van der Waals surface area contributed by atoms with Crippen LogP contribution in [0.5, 0.6) is 0 Å². The topological polar surface area (TPSA) is 106 Å². The number of thioether (sulfide) groups is 1. The number of halogens is 2. The smallest absolute Gasteiger partial charge is 0.239 e. The van der Waals surface area contributed by atoms with E-state index in [4.69, 9.17) is 21.2 Å². The van der Waals surface area contributed by atoms with Crippen molar-refractivity contribution in [1.29, 1.82) is 0 Å². The molecule has 126 valence electrons. The number of sulfonamides is 1. The summed E-state index contributed by atoms with van der Waals surface area (Å²) in [6.07, 6.45) is 1.50. The van der Waals surface area contributed by atoms with Crippen LogP contribution in [-0.4, -0.2) is 19.5 Å². The van der Waals surface area contributed by atoms with Crippen molar-refractivity contribution in [3.05, 3.63) is 46.9 Å². The van der Waals surface area contributed by atoms with E-state index in [2.05, 4.69) is 5.32 Å². The van der Waals surface area contributed by atoms with Gasteiger partial charge in [-0.25, -0.2) is 17.9 Å². The first-order valence-electron chi connectivity index (χ1n) is 6.31. The van der Waals surface area contributed by atoms with Crippen LogP contribution in [0.2, 0.25) is 5.02 Å². The number of alkyl halides is 1. The van der Waals surface area contributed by atoms with Crippen LogP contribution in [0.25, 0.3) is 0 Å². The average molecular weight is 381 g/mol. The van der Waals surface area contributed by atoms with E-state index < -0.39 is 21.5 Å². The SMILES string of the molecule is NS(=O)(=O)c1cc(C(O)SCF)c(NCc2ccco2)cc1Cl. The Labute approximate surface area is 141 Å². The van der Waals surface area contributed by atoms with Gasteiger partial charge in [0, 0.05) is 11.3 Å². The van der Waals surface area contributed by atoms with E-state index in [1.807, 2.05) is 0 Å². The Balaban J connectivity index is 2.40. The number of rotatable bonds is 7. The van der Waals surface area contributed by atoms with E-state index in [1.165, 1.54) is 12.3 Å². The average Bonchev–Trinajstić information content (AvgIpc) is 2.97. The number of anilines is 1. The maximum atomic E-state index is 12.5. The van der Waals surface area contributed by atoms with Crippen molar-refractivity contribution in [1.82, 2.24) is 0 Å². The molecule has 0 radical (unpaired) electrons. The van der Waals surface area contributed by atoms with Crippen LogP contribution in [0.4, 0.5) is 10.1 Å². The number of furan rings is 1. The van der Waals surface area contributed by atoms with Gasteiger partial charge in [-0.3, -0.25) is 0 Å². The summed E-state index contributed by atoms with van der Waals surface area (Å²) in [7, 11) is -4.07. The number of hydrogen-bond acceptors (Lipinski definition) is 6. The van der Waals surface area contributed by atoms with Crippen molar-refractivity contribution in [2.75, 3.05) is 11.3 Å². The number of primary sulfonamides is 1. The number of aliphatic hydroxyl groups excluding tert-OH is 1. The van der Waals surface area contributed by atoms with Gasteiger partial charge in [-0.05, 0) is 24.3 Å². The highest BCUT2D eigenvalue weighted by Gasteiger charge is 2.21. The maximum absolute atomic E-state index is 12.5. The largest absolute Gasteiger partial charge is 0.467 e. The van der Waals surface area contributed by atoms with Crippen molar-refractivity contribution in [3.8, 4) is 0 Å². The molecular formula is C13H14ClFN2O4S2. The van der Waals surface area contributed by atoms with Gasteiger partial charge in [-0.2, -0.15) is 0 Å². The molecule has 4 N–H and O–H groups in total. The van der Waals surface area contributed by atoms with E-state index >= 15 is 0 Å². The summed E-state index contributed by atoms with van der Waals surface area (Å²) in [4.78, 5) is -0.337. The molecule has 0 amide bonds. The zero-order valence-corrected chi connectivity index (χ0v) is 14.1. The first kappa shape index (κ1) is 18.1. The summed E-state index contributed by atoms with van der Waals surface area (Å²) < 4.78 is 40.7. The van der Waals surface area contributed by atoms with Crippen LogP contribution in [0.15, 0.2) is 39.8 Å². The fourth-order valence-corrected chi connectivity index (χ4v) is 3.49. The molecule has 0 fully saturated rings. The summed E-state index contributed by atoms with van der Waals surface area (Å²) in [5, 5.41) is 18.0. The van der Waals surface area contributed by atoms with Crippen molar-refractivity contribution in [2.24, 2.45) is 5.14 Å². The van der Waals surface area contributed by atoms with Crippen LogP contribution >= 0.6 is 23.4 Å². The molecule has 0 saturated carbocycles. The van der Waals surface area contributed by atoms with Gasteiger partial charge < -0.3 is 14.8 Å². The van der Waals surface area contributed by atoms with Crippen LogP contribution < -0.4 is 10.5 Å². The van der Waals surface area contributed by atoms with Crippen LogP contribution in [0.1, 0.15) is 16.8 Å². The van der Waals surface area contributed by atoms with Crippen molar-refractivity contribution in [3.63, 3.8) is 0 Å². The van der Waals surface area contributed by atoms with E-state index in [0.717, 1.165) is 6.07 Å². The van der Waals surface area contributed by atoms with Crippen molar-refractivity contribution in [2.45, 2.75) is 16.9 Å². The predicted molar refractivity (Wildman–Crippen MR) is 87.4 cm³/mol. The number of benzene rings is 1. The van der Waals surface area contributed by atoms with Gasteiger partial charge in [-0.15, -0.1) is 0 Å². The molecule has 0 spiro atoms. The quantitative estimate of drug-likeness (QED) is 0.638. The Morgan fingerprint density at radius 2 is 2.22 bits per heavy atom. The van der Waals surface area contributed by atoms with Gasteiger partial charge in [0.15, 0.2) is 0 Å². The Bertz CT molecular complexity index is 769. The highest BCUT2D eigenvalue weighted by molar-refractivity contribution is 7.99. The fourth-order valence-electron chi connectivity index (χ4n) is 1.89. The van der Waals surface area contributed by atoms with Gasteiger partial charge in [0.25, 0.3) is 0 Å². The van der Waals surface area contributed by atoms with E-state index in [0.29, 0.717) is 23.2 Å². The van der Waals surface area contributed by atoms with Gasteiger partial charge in [0.05, 0.1) is 17.8 Å². The predicted octanol–water partition coefficient (Wildman–Crippen LogP) is 2.84. The van der Waals surface area contributed by atoms with E-state index in [-0.39, 0.29) is 22.0 Å². The van der Waals surface area contributed by atoms with E-state index in [1.54, 1.807) is 12.1 Å². The summed E-state index contributed by atoms with van der Waals surface area (Å²) in [6.45, 7) is 0.276. The number of nitrogens with one attached hydrogen (secondary N) is 1. The van der Waals surface area contributed by atoms with Gasteiger partial charge in [0.1, 0.15) is 22.1 Å². The molecule has 2 aromatic rings. The molecule has 1 aromatic heterocycles. The third kappa shape index (κ3) is 4.61. The number of aliphatic hydroxyl groups is 1. The summed E-state index contributed by atoms with van der Waals surface area (Å²) in [5.74, 6) is 0.621. The molecule has 6 nitrogen and oxygen atoms in total. The summed E-state index contributed by atoms with van der Waals surface area (Å²) >= 11 is 6.54. The minimum Gasteiger partial charge on any atom is -0.467 e. The van der Waals surface area contributed by atoms with Gasteiger partial charge >= 0.3 is 0 Å². The zero-order valence-electron chi connectivity index (χ0n) is 11.7. The van der Waals surface area contributed by atoms with Gasteiger partial charge in [-0.1, -0.05) is 23.4 Å². The third-order valence-corrected chi connectivity index (χ3v) is 5.00. The lowest BCUT2D eigenvalue weighted by Crippen LogP contribution is -2.14.